The van der Waals surface area contributed by atoms with Gasteiger partial charge in [0.25, 0.3) is 5.69 Å². The Bertz CT molecular complexity index is 563. The van der Waals surface area contributed by atoms with Gasteiger partial charge >= 0.3 is 0 Å². The molecular weight excluding hydrogens is 300 g/mol. The predicted molar refractivity (Wildman–Crippen MR) is 70.1 cm³/mol. The molecular formula is C12H16N2O8. The number of nitrogens with two attached hydrogens (primary N) is 1. The number of hydrogen-bond donors (Lipinski definition) is 6. The zero-order valence-corrected chi connectivity index (χ0v) is 11.2. The maximum Gasteiger partial charge on any atom is 0.269 e. The topological polar surface area (TPSA) is 180 Å². The van der Waals surface area contributed by atoms with Crippen LogP contribution in [0.5, 0.6) is 0 Å². The van der Waals surface area contributed by atoms with Crippen LogP contribution in [0.1, 0.15) is 5.56 Å². The second-order valence-electron chi connectivity index (χ2n) is 5.05. The van der Waals surface area contributed by atoms with Crippen LogP contribution in [0.15, 0.2) is 24.3 Å². The molecule has 1 heterocycles. The van der Waals surface area contributed by atoms with Crippen molar-refractivity contribution in [2.24, 2.45) is 5.73 Å². The van der Waals surface area contributed by atoms with E-state index in [4.69, 9.17) is 15.6 Å². The van der Waals surface area contributed by atoms with E-state index in [-0.39, 0.29) is 11.3 Å². The van der Waals surface area contributed by atoms with Crippen molar-refractivity contribution in [3.8, 4) is 0 Å². The van der Waals surface area contributed by atoms with Crippen LogP contribution in [-0.4, -0.2) is 61.1 Å². The van der Waals surface area contributed by atoms with Crippen LogP contribution >= 0.6 is 0 Å². The Labute approximate surface area is 124 Å². The summed E-state index contributed by atoms with van der Waals surface area (Å²) in [5, 5.41) is 60.0. The van der Waals surface area contributed by atoms with Gasteiger partial charge in [0.15, 0.2) is 0 Å². The van der Waals surface area contributed by atoms with Gasteiger partial charge in [0.2, 0.25) is 11.5 Å². The molecule has 1 aromatic rings. The number of rotatable bonds is 3. The monoisotopic (exact) mass is 316 g/mol. The number of hydrogen-bond acceptors (Lipinski definition) is 9. The van der Waals surface area contributed by atoms with E-state index in [1.54, 1.807) is 0 Å². The molecule has 10 nitrogen and oxygen atoms in total. The second-order valence-corrected chi connectivity index (χ2v) is 5.05. The number of ether oxygens (including phenoxy) is 1. The molecule has 0 saturated carbocycles. The van der Waals surface area contributed by atoms with Gasteiger partial charge in [0.05, 0.1) is 11.5 Å². The van der Waals surface area contributed by atoms with Crippen LogP contribution in [0.2, 0.25) is 0 Å². The second kappa shape index (κ2) is 5.52. The minimum absolute atomic E-state index is 0.187. The highest BCUT2D eigenvalue weighted by Crippen LogP contribution is 2.40. The SMILES string of the molecule is NC1(O)C(O)C(O)C(CO)OC1(O)c1ccc([N+](=O)[O-])cc1. The van der Waals surface area contributed by atoms with Gasteiger partial charge in [-0.2, -0.15) is 0 Å². The average molecular weight is 316 g/mol. The molecule has 10 heteroatoms. The summed E-state index contributed by atoms with van der Waals surface area (Å²) in [6.45, 7) is -0.760. The van der Waals surface area contributed by atoms with Crippen molar-refractivity contribution in [2.75, 3.05) is 6.61 Å². The van der Waals surface area contributed by atoms with Gasteiger partial charge in [-0.05, 0) is 12.1 Å². The molecule has 7 N–H and O–H groups in total. The molecule has 1 aliphatic rings. The smallest absolute Gasteiger partial charge is 0.269 e. The molecule has 5 unspecified atom stereocenters. The van der Waals surface area contributed by atoms with Gasteiger partial charge in [-0.1, -0.05) is 0 Å². The van der Waals surface area contributed by atoms with Gasteiger partial charge < -0.3 is 30.3 Å². The van der Waals surface area contributed by atoms with Crippen LogP contribution < -0.4 is 5.73 Å². The lowest BCUT2D eigenvalue weighted by molar-refractivity contribution is -0.397. The van der Waals surface area contributed by atoms with E-state index < -0.39 is 41.4 Å². The number of aliphatic hydroxyl groups is 5. The Kier molecular flexibility index (Phi) is 4.19. The zero-order chi connectivity index (χ0) is 16.7. The summed E-state index contributed by atoms with van der Waals surface area (Å²) in [4.78, 5) is 9.95. The third-order valence-electron chi connectivity index (χ3n) is 3.67. The van der Waals surface area contributed by atoms with Gasteiger partial charge in [-0.3, -0.25) is 15.8 Å². The number of nitro benzene ring substituents is 1. The van der Waals surface area contributed by atoms with Crippen molar-refractivity contribution in [1.29, 1.82) is 0 Å². The highest BCUT2D eigenvalue weighted by molar-refractivity contribution is 5.36. The molecule has 1 fully saturated rings. The molecule has 22 heavy (non-hydrogen) atoms. The molecule has 122 valence electrons. The number of non-ortho nitro benzene ring substituents is 1. The number of nitrogens with zero attached hydrogens (tertiary/aromatic N) is 1. The summed E-state index contributed by atoms with van der Waals surface area (Å²) in [5.74, 6) is -2.69. The van der Waals surface area contributed by atoms with Crippen molar-refractivity contribution in [3.63, 3.8) is 0 Å². The Morgan fingerprint density at radius 2 is 1.82 bits per heavy atom. The maximum absolute atomic E-state index is 10.6. The van der Waals surface area contributed by atoms with Crippen LogP contribution in [-0.2, 0) is 10.5 Å². The van der Waals surface area contributed by atoms with E-state index in [9.17, 15) is 30.5 Å². The molecule has 0 amide bonds. The van der Waals surface area contributed by atoms with Crippen LogP contribution in [0.3, 0.4) is 0 Å². The van der Waals surface area contributed by atoms with Crippen molar-refractivity contribution >= 4 is 5.69 Å². The standard InChI is InChI=1S/C12H16N2O8/c13-11(18)10(17)9(16)8(5-15)22-12(11,19)6-1-3-7(4-2-6)14(20)21/h1-4,8-10,15-19H,5,13H2. The first-order valence-electron chi connectivity index (χ1n) is 6.28. The highest BCUT2D eigenvalue weighted by Gasteiger charge is 2.62. The molecule has 0 spiro atoms. The quantitative estimate of drug-likeness (QED) is 0.199. The Balaban J connectivity index is 2.46. The van der Waals surface area contributed by atoms with E-state index in [1.807, 2.05) is 0 Å². The van der Waals surface area contributed by atoms with Gasteiger partial charge in [0.1, 0.15) is 18.3 Å². The first-order chi connectivity index (χ1) is 10.1. The molecule has 0 radical (unpaired) electrons. The normalized spacial score (nSPS) is 38.7. The summed E-state index contributed by atoms with van der Waals surface area (Å²) in [5.41, 5.74) is 2.22. The van der Waals surface area contributed by atoms with E-state index in [2.05, 4.69) is 0 Å². The van der Waals surface area contributed by atoms with Crippen molar-refractivity contribution in [3.05, 3.63) is 39.9 Å². The number of nitro groups is 1. The summed E-state index contributed by atoms with van der Waals surface area (Å²) in [6, 6.07) is 4.24. The number of aliphatic hydroxyl groups excluding tert-OH is 3. The molecule has 1 saturated heterocycles. The molecule has 2 rings (SSSR count). The summed E-state index contributed by atoms with van der Waals surface area (Å²) in [6.07, 6.45) is -5.18. The van der Waals surface area contributed by atoms with E-state index >= 15 is 0 Å². The highest BCUT2D eigenvalue weighted by atomic mass is 16.7. The minimum atomic E-state index is -2.81. The molecule has 1 aliphatic heterocycles. The van der Waals surface area contributed by atoms with Crippen LogP contribution in [0.4, 0.5) is 5.69 Å². The fourth-order valence-electron chi connectivity index (χ4n) is 2.30. The lowest BCUT2D eigenvalue weighted by Gasteiger charge is -2.51. The summed E-state index contributed by atoms with van der Waals surface area (Å²) in [7, 11) is 0. The first kappa shape index (κ1) is 16.7. The first-order valence-corrected chi connectivity index (χ1v) is 6.28. The Morgan fingerprint density at radius 1 is 1.27 bits per heavy atom. The van der Waals surface area contributed by atoms with E-state index in [0.29, 0.717) is 0 Å². The Hall–Kier alpha value is -1.66. The minimum Gasteiger partial charge on any atom is -0.394 e. The van der Waals surface area contributed by atoms with Crippen molar-refractivity contribution in [1.82, 2.24) is 0 Å². The molecule has 5 atom stereocenters. The third-order valence-corrected chi connectivity index (χ3v) is 3.67. The maximum atomic E-state index is 10.6. The molecule has 0 aromatic heterocycles. The van der Waals surface area contributed by atoms with Gasteiger partial charge in [0, 0.05) is 17.7 Å². The third kappa shape index (κ3) is 2.36. The van der Waals surface area contributed by atoms with E-state index in [0.717, 1.165) is 24.3 Å². The number of benzene rings is 1. The van der Waals surface area contributed by atoms with Crippen molar-refractivity contribution in [2.45, 2.75) is 29.8 Å². The van der Waals surface area contributed by atoms with Crippen molar-refractivity contribution < 1.29 is 35.2 Å². The average Bonchev–Trinajstić information content (AvgIpc) is 2.49. The fraction of sp³-hybridized carbons (Fsp3) is 0.500. The molecule has 0 bridgehead atoms. The van der Waals surface area contributed by atoms with Gasteiger partial charge in [-0.15, -0.1) is 0 Å². The van der Waals surface area contributed by atoms with Gasteiger partial charge in [-0.25, -0.2) is 0 Å². The van der Waals surface area contributed by atoms with E-state index in [1.165, 1.54) is 0 Å². The lowest BCUT2D eigenvalue weighted by atomic mass is 9.83. The van der Waals surface area contributed by atoms with Crippen LogP contribution in [0, 0.1) is 10.1 Å². The fourth-order valence-corrected chi connectivity index (χ4v) is 2.30. The Morgan fingerprint density at radius 3 is 2.27 bits per heavy atom. The predicted octanol–water partition coefficient (Wildman–Crippen LogP) is -2.50. The summed E-state index contributed by atoms with van der Waals surface area (Å²) >= 11 is 0. The largest absolute Gasteiger partial charge is 0.394 e. The summed E-state index contributed by atoms with van der Waals surface area (Å²) < 4.78 is 5.06. The molecule has 1 aromatic carbocycles. The van der Waals surface area contributed by atoms with Crippen LogP contribution in [0.25, 0.3) is 0 Å². The molecule has 0 aliphatic carbocycles. The lowest BCUT2D eigenvalue weighted by Crippen LogP contribution is -2.75. The zero-order valence-electron chi connectivity index (χ0n) is 11.2.